The van der Waals surface area contributed by atoms with Crippen LogP contribution < -0.4 is 0 Å². The van der Waals surface area contributed by atoms with Crippen molar-refractivity contribution in [1.82, 2.24) is 8.54 Å². The third-order valence-electron chi connectivity index (χ3n) is 6.87. The van der Waals surface area contributed by atoms with Gasteiger partial charge in [-0.2, -0.15) is 0 Å². The van der Waals surface area contributed by atoms with Gasteiger partial charge in [0.05, 0.1) is 16.0 Å². The highest BCUT2D eigenvalue weighted by atomic mass is 32.2. The molecule has 2 aromatic heterocycles. The third-order valence-corrected chi connectivity index (χ3v) is 8.57. The Bertz CT molecular complexity index is 1950. The van der Waals surface area contributed by atoms with Gasteiger partial charge in [0.25, 0.3) is 10.0 Å². The molecule has 0 unspecified atom stereocenters. The van der Waals surface area contributed by atoms with Gasteiger partial charge < -0.3 is 9.67 Å². The summed E-state index contributed by atoms with van der Waals surface area (Å²) < 4.78 is 30.3. The molecular formula is C31H24N2O4S. The summed E-state index contributed by atoms with van der Waals surface area (Å²) in [7, 11) is -3.74. The molecule has 0 fully saturated rings. The fraction of sp³-hybridized carbons (Fsp3) is 0.0645. The largest absolute Gasteiger partial charge is 0.478 e. The molecular weight excluding hydrogens is 496 g/mol. The van der Waals surface area contributed by atoms with Crippen molar-refractivity contribution in [1.29, 1.82) is 0 Å². The number of aryl methyl sites for hydroxylation is 1. The number of nitrogens with zero attached hydrogens (tertiary/aromatic N) is 2. The SMILES string of the molecule is Cc1ccc(S(=O)(=O)n2ccc3ccc(-c4ccc5ccn(Cc6cccc(C(=O)O)c6)c5c4)cc32)cc1. The molecule has 0 amide bonds. The van der Waals surface area contributed by atoms with Crippen molar-refractivity contribution >= 4 is 37.8 Å². The zero-order chi connectivity index (χ0) is 26.4. The van der Waals surface area contributed by atoms with Gasteiger partial charge in [-0.3, -0.25) is 0 Å². The van der Waals surface area contributed by atoms with E-state index in [-0.39, 0.29) is 10.5 Å². The number of carboxylic acid groups (broad SMARTS) is 1. The number of carboxylic acids is 1. The van der Waals surface area contributed by atoms with Crippen molar-refractivity contribution in [3.05, 3.63) is 126 Å². The molecule has 0 aliphatic carbocycles. The highest BCUT2D eigenvalue weighted by Gasteiger charge is 2.19. The maximum Gasteiger partial charge on any atom is 0.335 e. The average Bonchev–Trinajstić information content (AvgIpc) is 3.53. The fourth-order valence-corrected chi connectivity index (χ4v) is 6.16. The van der Waals surface area contributed by atoms with Crippen LogP contribution >= 0.6 is 0 Å². The number of aromatic nitrogens is 2. The molecule has 0 spiro atoms. The number of hydrogen-bond acceptors (Lipinski definition) is 3. The summed E-state index contributed by atoms with van der Waals surface area (Å²) in [5.74, 6) is -0.948. The summed E-state index contributed by atoms with van der Waals surface area (Å²) in [6.45, 7) is 2.46. The van der Waals surface area contributed by atoms with E-state index in [2.05, 4.69) is 10.6 Å². The standard InChI is InChI=1S/C31H24N2O4S/c1-21-5-11-28(12-6-21)38(36,37)33-16-14-24-8-10-26(19-30(24)33)25-9-7-23-13-15-32(29(23)18-25)20-22-3-2-4-27(17-22)31(34)35/h2-19H,20H2,1H3,(H,34,35). The maximum atomic E-state index is 13.4. The first-order valence-corrected chi connectivity index (χ1v) is 13.6. The molecule has 188 valence electrons. The van der Waals surface area contributed by atoms with Crippen molar-refractivity contribution in [3.8, 4) is 11.1 Å². The van der Waals surface area contributed by atoms with Crippen LogP contribution in [0.4, 0.5) is 0 Å². The Labute approximate surface area is 220 Å². The molecule has 0 radical (unpaired) electrons. The van der Waals surface area contributed by atoms with Crippen LogP contribution in [0, 0.1) is 6.92 Å². The summed E-state index contributed by atoms with van der Waals surface area (Å²) in [5, 5.41) is 11.2. The summed E-state index contributed by atoms with van der Waals surface area (Å²) in [6, 6.07) is 29.6. The molecule has 0 bridgehead atoms. The Morgan fingerprint density at radius 2 is 1.42 bits per heavy atom. The molecule has 7 heteroatoms. The number of carbonyl (C=O) groups is 1. The van der Waals surface area contributed by atoms with Crippen LogP contribution in [0.15, 0.2) is 114 Å². The van der Waals surface area contributed by atoms with E-state index in [1.165, 1.54) is 3.97 Å². The highest BCUT2D eigenvalue weighted by Crippen LogP contribution is 2.30. The topological polar surface area (TPSA) is 81.3 Å². The molecule has 0 saturated heterocycles. The van der Waals surface area contributed by atoms with Crippen LogP contribution in [0.2, 0.25) is 0 Å². The van der Waals surface area contributed by atoms with Gasteiger partial charge in [0.15, 0.2) is 0 Å². The molecule has 6 aromatic rings. The molecule has 0 aliphatic heterocycles. The van der Waals surface area contributed by atoms with E-state index in [0.29, 0.717) is 12.1 Å². The number of rotatable bonds is 6. The minimum absolute atomic E-state index is 0.247. The Morgan fingerprint density at radius 3 is 2.13 bits per heavy atom. The molecule has 6 nitrogen and oxygen atoms in total. The second kappa shape index (κ2) is 9.04. The lowest BCUT2D eigenvalue weighted by Gasteiger charge is -2.10. The van der Waals surface area contributed by atoms with Crippen molar-refractivity contribution in [2.24, 2.45) is 0 Å². The summed E-state index contributed by atoms with van der Waals surface area (Å²) >= 11 is 0. The van der Waals surface area contributed by atoms with Crippen LogP contribution in [0.25, 0.3) is 32.9 Å². The van der Waals surface area contributed by atoms with Crippen molar-refractivity contribution in [2.45, 2.75) is 18.4 Å². The third kappa shape index (κ3) is 4.17. The van der Waals surface area contributed by atoms with Gasteiger partial charge >= 0.3 is 5.97 Å². The van der Waals surface area contributed by atoms with Crippen LogP contribution in [0.3, 0.4) is 0 Å². The van der Waals surface area contributed by atoms with Crippen molar-refractivity contribution < 1.29 is 18.3 Å². The molecule has 2 heterocycles. The van der Waals surface area contributed by atoms with Gasteiger partial charge in [-0.05, 0) is 77.5 Å². The first-order valence-electron chi connectivity index (χ1n) is 12.1. The highest BCUT2D eigenvalue weighted by molar-refractivity contribution is 7.90. The van der Waals surface area contributed by atoms with Crippen molar-refractivity contribution in [3.63, 3.8) is 0 Å². The smallest absolute Gasteiger partial charge is 0.335 e. The van der Waals surface area contributed by atoms with Crippen LogP contribution in [0.1, 0.15) is 21.5 Å². The Morgan fingerprint density at radius 1 is 0.763 bits per heavy atom. The Hall–Kier alpha value is -4.62. The van der Waals surface area contributed by atoms with Crippen LogP contribution in [0.5, 0.6) is 0 Å². The molecule has 0 aliphatic rings. The van der Waals surface area contributed by atoms with Gasteiger partial charge in [-0.25, -0.2) is 17.2 Å². The van der Waals surface area contributed by atoms with Crippen molar-refractivity contribution in [2.75, 3.05) is 0 Å². The van der Waals surface area contributed by atoms with Gasteiger partial charge in [-0.1, -0.05) is 54.1 Å². The van der Waals surface area contributed by atoms with Gasteiger partial charge in [-0.15, -0.1) is 0 Å². The monoisotopic (exact) mass is 520 g/mol. The van der Waals surface area contributed by atoms with E-state index < -0.39 is 16.0 Å². The van der Waals surface area contributed by atoms with E-state index >= 15 is 0 Å². The van der Waals surface area contributed by atoms with E-state index in [1.807, 2.05) is 61.7 Å². The van der Waals surface area contributed by atoms with E-state index in [1.54, 1.807) is 48.7 Å². The fourth-order valence-electron chi connectivity index (χ4n) is 4.82. The number of aromatic carboxylic acids is 1. The van der Waals surface area contributed by atoms with E-state index in [4.69, 9.17) is 0 Å². The lowest BCUT2D eigenvalue weighted by Crippen LogP contribution is -2.11. The van der Waals surface area contributed by atoms with Gasteiger partial charge in [0.1, 0.15) is 0 Å². The zero-order valence-electron chi connectivity index (χ0n) is 20.6. The number of hydrogen-bond donors (Lipinski definition) is 1. The Kier molecular flexibility index (Phi) is 5.65. The second-order valence-corrected chi connectivity index (χ2v) is 11.2. The molecule has 6 rings (SSSR count). The summed E-state index contributed by atoms with van der Waals surface area (Å²) in [4.78, 5) is 11.6. The predicted octanol–water partition coefficient (Wildman–Crippen LogP) is 6.55. The minimum Gasteiger partial charge on any atom is -0.478 e. The van der Waals surface area contributed by atoms with Gasteiger partial charge in [0, 0.05) is 29.8 Å². The molecule has 0 saturated carbocycles. The minimum atomic E-state index is -3.74. The van der Waals surface area contributed by atoms with Crippen LogP contribution in [-0.4, -0.2) is 28.0 Å². The van der Waals surface area contributed by atoms with Gasteiger partial charge in [0.2, 0.25) is 0 Å². The zero-order valence-corrected chi connectivity index (χ0v) is 21.4. The molecule has 1 N–H and O–H groups in total. The quantitative estimate of drug-likeness (QED) is 0.270. The number of fused-ring (bicyclic) bond motifs is 2. The summed E-state index contributed by atoms with van der Waals surface area (Å²) in [5.41, 5.74) is 5.64. The predicted molar refractivity (Wildman–Crippen MR) is 149 cm³/mol. The lowest BCUT2D eigenvalue weighted by atomic mass is 10.0. The number of benzene rings is 4. The first kappa shape index (κ1) is 23.8. The Balaban J connectivity index is 1.40. The summed E-state index contributed by atoms with van der Waals surface area (Å²) in [6.07, 6.45) is 3.59. The molecule has 38 heavy (non-hydrogen) atoms. The second-order valence-electron chi connectivity index (χ2n) is 9.43. The van der Waals surface area contributed by atoms with Crippen LogP contribution in [-0.2, 0) is 16.6 Å². The van der Waals surface area contributed by atoms with E-state index in [0.717, 1.165) is 38.5 Å². The lowest BCUT2D eigenvalue weighted by molar-refractivity contribution is 0.0696. The first-order chi connectivity index (χ1) is 18.3. The average molecular weight is 521 g/mol. The normalized spacial score (nSPS) is 11.8. The molecule has 4 aromatic carbocycles. The maximum absolute atomic E-state index is 13.4. The van der Waals surface area contributed by atoms with E-state index in [9.17, 15) is 18.3 Å². The molecule has 0 atom stereocenters.